The monoisotopic (exact) mass is 272 g/mol. The zero-order valence-corrected chi connectivity index (χ0v) is 11.0. The van der Waals surface area contributed by atoms with E-state index >= 15 is 0 Å². The van der Waals surface area contributed by atoms with Gasteiger partial charge in [0, 0.05) is 12.1 Å². The summed E-state index contributed by atoms with van der Waals surface area (Å²) in [5.74, 6) is 0.437. The molecule has 0 radical (unpaired) electrons. The van der Waals surface area contributed by atoms with E-state index in [-0.39, 0.29) is 5.84 Å². The first-order valence-corrected chi connectivity index (χ1v) is 5.86. The van der Waals surface area contributed by atoms with E-state index in [0.29, 0.717) is 42.8 Å². The van der Waals surface area contributed by atoms with Gasteiger partial charge in [-0.25, -0.2) is 0 Å². The van der Waals surface area contributed by atoms with E-state index in [1.807, 2.05) is 0 Å². The Morgan fingerprint density at radius 3 is 2.67 bits per heavy atom. The van der Waals surface area contributed by atoms with Crippen LogP contribution in [0, 0.1) is 5.41 Å². The number of nitrogens with one attached hydrogen (secondary N) is 1. The molecule has 0 aromatic heterocycles. The van der Waals surface area contributed by atoms with Crippen molar-refractivity contribution in [2.24, 2.45) is 5.73 Å². The summed E-state index contributed by atoms with van der Waals surface area (Å²) in [7, 11) is 1.62. The maximum absolute atomic E-state index is 7.42. The van der Waals surface area contributed by atoms with Crippen LogP contribution in [-0.2, 0) is 9.47 Å². The average Bonchev–Trinajstić information content (AvgIpc) is 2.33. The Hall–Kier alpha value is -1.30. The first-order valence-electron chi connectivity index (χ1n) is 5.48. The van der Waals surface area contributed by atoms with Gasteiger partial charge in [-0.1, -0.05) is 11.6 Å². The molecule has 0 saturated heterocycles. The van der Waals surface area contributed by atoms with E-state index in [1.165, 1.54) is 0 Å². The predicted octanol–water partition coefficient (Wildman–Crippen LogP) is 1.67. The summed E-state index contributed by atoms with van der Waals surface area (Å²) in [6.45, 7) is 1.88. The Morgan fingerprint density at radius 2 is 2.00 bits per heavy atom. The first kappa shape index (κ1) is 14.8. The van der Waals surface area contributed by atoms with Crippen LogP contribution < -0.4 is 10.5 Å². The van der Waals surface area contributed by atoms with Crippen LogP contribution in [0.5, 0.6) is 5.75 Å². The molecule has 0 saturated carbocycles. The van der Waals surface area contributed by atoms with Crippen molar-refractivity contribution in [2.45, 2.75) is 0 Å². The molecule has 18 heavy (non-hydrogen) atoms. The number of hydrogen-bond acceptors (Lipinski definition) is 4. The van der Waals surface area contributed by atoms with E-state index < -0.39 is 0 Å². The molecule has 0 atom stereocenters. The highest BCUT2D eigenvalue weighted by atomic mass is 35.5. The van der Waals surface area contributed by atoms with Crippen molar-refractivity contribution in [3.8, 4) is 5.75 Å². The van der Waals surface area contributed by atoms with Crippen molar-refractivity contribution in [3.05, 3.63) is 28.8 Å². The minimum absolute atomic E-state index is 0.0537. The number of hydrogen-bond donors (Lipinski definition) is 2. The number of halogens is 1. The van der Waals surface area contributed by atoms with E-state index in [2.05, 4.69) is 0 Å². The van der Waals surface area contributed by atoms with Gasteiger partial charge in [0.2, 0.25) is 0 Å². The average molecular weight is 273 g/mol. The standard InChI is InChI=1S/C12H17ClN2O3/c1-16-4-5-17-6-7-18-11-8-9(13)2-3-10(11)12(14)15/h2-3,8H,4-7H2,1H3,(H3,14,15). The molecule has 0 spiro atoms. The topological polar surface area (TPSA) is 77.6 Å². The van der Waals surface area contributed by atoms with E-state index in [0.717, 1.165) is 0 Å². The van der Waals surface area contributed by atoms with Crippen LogP contribution >= 0.6 is 11.6 Å². The maximum atomic E-state index is 7.42. The summed E-state index contributed by atoms with van der Waals surface area (Å²) in [6, 6.07) is 4.96. The maximum Gasteiger partial charge on any atom is 0.131 e. The van der Waals surface area contributed by atoms with Gasteiger partial charge in [0.25, 0.3) is 0 Å². The minimum Gasteiger partial charge on any atom is -0.490 e. The normalized spacial score (nSPS) is 10.3. The molecule has 5 nitrogen and oxygen atoms in total. The SMILES string of the molecule is COCCOCCOc1cc(Cl)ccc1C(=N)N. The van der Waals surface area contributed by atoms with E-state index in [1.54, 1.807) is 25.3 Å². The van der Waals surface area contributed by atoms with Crippen molar-refractivity contribution in [3.63, 3.8) is 0 Å². The highest BCUT2D eigenvalue weighted by Gasteiger charge is 2.07. The molecule has 1 rings (SSSR count). The number of amidine groups is 1. The zero-order chi connectivity index (χ0) is 13.4. The van der Waals surface area contributed by atoms with Gasteiger partial charge in [-0.2, -0.15) is 0 Å². The molecule has 1 aromatic rings. The van der Waals surface area contributed by atoms with Gasteiger partial charge in [0.15, 0.2) is 0 Å². The highest BCUT2D eigenvalue weighted by Crippen LogP contribution is 2.22. The molecule has 100 valence electrons. The van der Waals surface area contributed by atoms with Crippen molar-refractivity contribution < 1.29 is 14.2 Å². The Bertz CT molecular complexity index is 399. The van der Waals surface area contributed by atoms with Crippen LogP contribution in [0.25, 0.3) is 0 Å². The molecule has 0 aliphatic rings. The van der Waals surface area contributed by atoms with Crippen molar-refractivity contribution in [1.29, 1.82) is 5.41 Å². The van der Waals surface area contributed by atoms with Crippen LogP contribution in [-0.4, -0.2) is 39.4 Å². The Morgan fingerprint density at radius 1 is 1.28 bits per heavy atom. The van der Waals surface area contributed by atoms with E-state index in [4.69, 9.17) is 37.0 Å². The van der Waals surface area contributed by atoms with E-state index in [9.17, 15) is 0 Å². The van der Waals surface area contributed by atoms with Gasteiger partial charge >= 0.3 is 0 Å². The Labute approximate surface area is 111 Å². The number of rotatable bonds is 8. The molecule has 0 fully saturated rings. The van der Waals surface area contributed by atoms with Gasteiger partial charge in [0.1, 0.15) is 18.2 Å². The summed E-state index contributed by atoms with van der Waals surface area (Å²) >= 11 is 5.86. The molecule has 0 unspecified atom stereocenters. The lowest BCUT2D eigenvalue weighted by atomic mass is 10.2. The van der Waals surface area contributed by atoms with Gasteiger partial charge in [-0.05, 0) is 18.2 Å². The Balaban J connectivity index is 2.45. The summed E-state index contributed by atoms with van der Waals surface area (Å²) in [6.07, 6.45) is 0. The highest BCUT2D eigenvalue weighted by molar-refractivity contribution is 6.30. The lowest BCUT2D eigenvalue weighted by Gasteiger charge is -2.11. The fourth-order valence-electron chi connectivity index (χ4n) is 1.29. The van der Waals surface area contributed by atoms with Crippen molar-refractivity contribution in [1.82, 2.24) is 0 Å². The molecular weight excluding hydrogens is 256 g/mol. The van der Waals surface area contributed by atoms with Crippen LogP contribution in [0.3, 0.4) is 0 Å². The summed E-state index contributed by atoms with van der Waals surface area (Å²) in [5, 5.41) is 7.96. The summed E-state index contributed by atoms with van der Waals surface area (Å²) < 4.78 is 15.6. The number of nitrogens with two attached hydrogens (primary N) is 1. The molecule has 0 amide bonds. The number of methoxy groups -OCH3 is 1. The van der Waals surface area contributed by atoms with Crippen LogP contribution in [0.2, 0.25) is 5.02 Å². The second-order valence-corrected chi connectivity index (χ2v) is 3.94. The first-order chi connectivity index (χ1) is 8.65. The van der Waals surface area contributed by atoms with Crippen LogP contribution in [0.1, 0.15) is 5.56 Å². The molecule has 0 aliphatic heterocycles. The quantitative estimate of drug-likeness (QED) is 0.429. The smallest absolute Gasteiger partial charge is 0.131 e. The lowest BCUT2D eigenvalue weighted by Crippen LogP contribution is -2.15. The second-order valence-electron chi connectivity index (χ2n) is 3.51. The second kappa shape index (κ2) is 7.92. The molecule has 0 heterocycles. The third kappa shape index (κ3) is 4.91. The van der Waals surface area contributed by atoms with Crippen molar-refractivity contribution in [2.75, 3.05) is 33.5 Å². The number of benzene rings is 1. The summed E-state index contributed by atoms with van der Waals surface area (Å²) in [5.41, 5.74) is 5.97. The molecule has 0 aliphatic carbocycles. The predicted molar refractivity (Wildman–Crippen MR) is 70.7 cm³/mol. The molecule has 3 N–H and O–H groups in total. The van der Waals surface area contributed by atoms with Gasteiger partial charge in [0.05, 0.1) is 25.4 Å². The lowest BCUT2D eigenvalue weighted by molar-refractivity contribution is 0.0544. The minimum atomic E-state index is -0.0537. The third-order valence-electron chi connectivity index (χ3n) is 2.15. The molecular formula is C12H17ClN2O3. The largest absolute Gasteiger partial charge is 0.490 e. The zero-order valence-electron chi connectivity index (χ0n) is 10.2. The summed E-state index contributed by atoms with van der Waals surface area (Å²) in [4.78, 5) is 0. The number of ether oxygens (including phenoxy) is 3. The molecule has 0 bridgehead atoms. The fourth-order valence-corrected chi connectivity index (χ4v) is 1.46. The van der Waals surface area contributed by atoms with Gasteiger partial charge in [-0.15, -0.1) is 0 Å². The van der Waals surface area contributed by atoms with Gasteiger partial charge in [-0.3, -0.25) is 5.41 Å². The van der Waals surface area contributed by atoms with Crippen LogP contribution in [0.15, 0.2) is 18.2 Å². The van der Waals surface area contributed by atoms with Crippen LogP contribution in [0.4, 0.5) is 0 Å². The Kier molecular flexibility index (Phi) is 6.49. The molecule has 1 aromatic carbocycles. The molecule has 6 heteroatoms. The van der Waals surface area contributed by atoms with Gasteiger partial charge < -0.3 is 19.9 Å². The van der Waals surface area contributed by atoms with Crippen molar-refractivity contribution >= 4 is 17.4 Å². The fraction of sp³-hybridized carbons (Fsp3) is 0.417. The third-order valence-corrected chi connectivity index (χ3v) is 2.39. The number of nitrogen functional groups attached to an aromatic ring is 1.